The maximum Gasteiger partial charge on any atom is 0.206 e. The Kier molecular flexibility index (Phi) is 6.66. The second-order valence-electron chi connectivity index (χ2n) is 7.53. The molecule has 0 saturated carbocycles. The lowest BCUT2D eigenvalue weighted by atomic mass is 9.70. The van der Waals surface area contributed by atoms with E-state index in [1.807, 2.05) is 19.1 Å². The maximum absolute atomic E-state index is 12.5. The van der Waals surface area contributed by atoms with E-state index in [-0.39, 0.29) is 17.2 Å². The fraction of sp³-hybridized carbons (Fsp3) is 0.455. The van der Waals surface area contributed by atoms with Crippen LogP contribution in [0.3, 0.4) is 0 Å². The van der Waals surface area contributed by atoms with Crippen molar-refractivity contribution in [3.63, 3.8) is 0 Å². The van der Waals surface area contributed by atoms with Crippen molar-refractivity contribution in [2.45, 2.75) is 53.1 Å². The van der Waals surface area contributed by atoms with Crippen LogP contribution in [0.1, 0.15) is 47.5 Å². The molecule has 4 nitrogen and oxygen atoms in total. The first kappa shape index (κ1) is 21.4. The van der Waals surface area contributed by atoms with Crippen LogP contribution in [0.15, 0.2) is 58.1 Å². The summed E-state index contributed by atoms with van der Waals surface area (Å²) in [6, 6.07) is 0. The van der Waals surface area contributed by atoms with Gasteiger partial charge in [-0.2, -0.15) is 0 Å². The molecule has 0 radical (unpaired) electrons. The average molecular weight is 391 g/mol. The van der Waals surface area contributed by atoms with Crippen LogP contribution in [0.25, 0.3) is 0 Å². The molecule has 1 N–H and O–H groups in total. The van der Waals surface area contributed by atoms with Gasteiger partial charge in [0.25, 0.3) is 0 Å². The molecule has 1 aliphatic carbocycles. The van der Waals surface area contributed by atoms with Gasteiger partial charge in [-0.1, -0.05) is 49.6 Å². The third kappa shape index (κ3) is 4.69. The van der Waals surface area contributed by atoms with Crippen molar-refractivity contribution in [1.29, 1.82) is 0 Å². The quantitative estimate of drug-likeness (QED) is 0.664. The fourth-order valence-electron chi connectivity index (χ4n) is 3.24. The molecule has 1 aliphatic heterocycles. The lowest BCUT2D eigenvalue weighted by Crippen LogP contribution is -2.48. The van der Waals surface area contributed by atoms with Crippen LogP contribution in [0.4, 0.5) is 0 Å². The predicted molar refractivity (Wildman–Crippen MR) is 107 cm³/mol. The van der Waals surface area contributed by atoms with Gasteiger partial charge in [0, 0.05) is 23.5 Å². The molecule has 0 unspecified atom stereocenters. The molecule has 1 heterocycles. The molecule has 5 heteroatoms. The normalized spacial score (nSPS) is 27.1. The van der Waals surface area contributed by atoms with E-state index >= 15 is 0 Å². The lowest BCUT2D eigenvalue weighted by molar-refractivity contribution is -0.137. The molecule has 3 atom stereocenters. The molecule has 2 rings (SSSR count). The first-order valence-corrected chi connectivity index (χ1v) is 9.57. The number of ether oxygens (including phenoxy) is 1. The van der Waals surface area contributed by atoms with Gasteiger partial charge in [-0.25, -0.2) is 0 Å². The second kappa shape index (κ2) is 8.41. The molecule has 0 bridgehead atoms. The van der Waals surface area contributed by atoms with Crippen molar-refractivity contribution in [3.05, 3.63) is 58.1 Å². The van der Waals surface area contributed by atoms with Gasteiger partial charge in [0.2, 0.25) is 5.78 Å². The number of aliphatic hydroxyl groups is 1. The topological polar surface area (TPSA) is 63.6 Å². The van der Waals surface area contributed by atoms with Gasteiger partial charge in [-0.05, 0) is 38.8 Å². The van der Waals surface area contributed by atoms with Gasteiger partial charge in [-0.3, -0.25) is 4.79 Å². The zero-order valence-corrected chi connectivity index (χ0v) is 17.3. The molecule has 0 saturated heterocycles. The predicted octanol–water partition coefficient (Wildman–Crippen LogP) is 4.75. The van der Waals surface area contributed by atoms with E-state index in [0.717, 1.165) is 12.0 Å². The molecule has 0 aromatic heterocycles. The van der Waals surface area contributed by atoms with Crippen molar-refractivity contribution >= 4 is 23.2 Å². The van der Waals surface area contributed by atoms with Crippen LogP contribution in [0.5, 0.6) is 0 Å². The van der Waals surface area contributed by atoms with E-state index in [9.17, 15) is 14.7 Å². The number of hydrogen-bond donors (Lipinski definition) is 1. The highest BCUT2D eigenvalue weighted by Crippen LogP contribution is 2.44. The summed E-state index contributed by atoms with van der Waals surface area (Å²) in [6.07, 6.45) is 10.2. The molecule has 0 amide bonds. The van der Waals surface area contributed by atoms with Gasteiger partial charge < -0.3 is 14.6 Å². The number of carbonyl (C=O) groups is 2. The summed E-state index contributed by atoms with van der Waals surface area (Å²) in [6.45, 7) is 9.13. The largest absolute Gasteiger partial charge is 0.465 e. The Hall–Kier alpha value is -1.91. The number of halogens is 1. The smallest absolute Gasteiger partial charge is 0.206 e. The number of ketones is 2. The zero-order chi connectivity index (χ0) is 20.4. The van der Waals surface area contributed by atoms with Crippen molar-refractivity contribution in [3.8, 4) is 0 Å². The minimum atomic E-state index is -1.74. The van der Waals surface area contributed by atoms with Crippen LogP contribution in [0.2, 0.25) is 0 Å². The lowest BCUT2D eigenvalue weighted by Gasteiger charge is -2.38. The van der Waals surface area contributed by atoms with Gasteiger partial charge in [0.05, 0.1) is 11.3 Å². The highest BCUT2D eigenvalue weighted by molar-refractivity contribution is 6.45. The highest BCUT2D eigenvalue weighted by Gasteiger charge is 2.48. The molecule has 0 spiro atoms. The van der Waals surface area contributed by atoms with Crippen LogP contribution in [-0.4, -0.2) is 22.3 Å². The average Bonchev–Trinajstić information content (AvgIpc) is 2.61. The van der Waals surface area contributed by atoms with Crippen LogP contribution >= 0.6 is 11.6 Å². The maximum atomic E-state index is 12.5. The molecule has 0 aromatic rings. The summed E-state index contributed by atoms with van der Waals surface area (Å²) in [5.74, 6) is -0.345. The Morgan fingerprint density at radius 3 is 2.70 bits per heavy atom. The van der Waals surface area contributed by atoms with Crippen molar-refractivity contribution in [1.82, 2.24) is 0 Å². The number of allylic oxidation sites excluding steroid dienone is 6. The number of Topliss-reactive ketones (excluding diaryl/α,β-unsaturated/α-hetero) is 2. The van der Waals surface area contributed by atoms with Crippen molar-refractivity contribution in [2.75, 3.05) is 0 Å². The minimum Gasteiger partial charge on any atom is -0.465 e. The van der Waals surface area contributed by atoms with Crippen LogP contribution < -0.4 is 0 Å². The zero-order valence-electron chi connectivity index (χ0n) is 16.5. The highest BCUT2D eigenvalue weighted by atomic mass is 35.5. The molecule has 146 valence electrons. The first-order chi connectivity index (χ1) is 12.6. The van der Waals surface area contributed by atoms with E-state index in [2.05, 4.69) is 19.9 Å². The first-order valence-electron chi connectivity index (χ1n) is 9.19. The standard InChI is InChI=1S/C22H27ClO4/c1-6-13(2)9-14(3)7-8-16-11-17-18(12-27-16)19(10-15(4)24)22(5,26)21(25)20(17)23/h7-9,11-13,19,26H,6,10H2,1-5H3/b8-7+,14-9+/t13-,19-,22-/m1/s1. The number of rotatable bonds is 6. The summed E-state index contributed by atoms with van der Waals surface area (Å²) < 4.78 is 5.68. The molecular formula is C22H27ClO4. The van der Waals surface area contributed by atoms with E-state index < -0.39 is 17.3 Å². The third-order valence-corrected chi connectivity index (χ3v) is 5.44. The minimum absolute atomic E-state index is 0.0351. The van der Waals surface area contributed by atoms with Crippen molar-refractivity contribution in [2.24, 2.45) is 11.8 Å². The van der Waals surface area contributed by atoms with E-state index in [4.69, 9.17) is 16.3 Å². The second-order valence-corrected chi connectivity index (χ2v) is 7.91. The summed E-state index contributed by atoms with van der Waals surface area (Å²) in [7, 11) is 0. The number of carbonyl (C=O) groups excluding carboxylic acids is 2. The summed E-state index contributed by atoms with van der Waals surface area (Å²) in [5.41, 5.74) is 0.455. The number of fused-ring (bicyclic) bond motifs is 1. The van der Waals surface area contributed by atoms with E-state index in [1.165, 1.54) is 20.1 Å². The van der Waals surface area contributed by atoms with Crippen LogP contribution in [0, 0.1) is 11.8 Å². The van der Waals surface area contributed by atoms with Gasteiger partial charge in [0.1, 0.15) is 17.1 Å². The Morgan fingerprint density at radius 1 is 1.44 bits per heavy atom. The Balaban J connectivity index is 2.36. The van der Waals surface area contributed by atoms with E-state index in [1.54, 1.807) is 6.08 Å². The SMILES string of the molecule is CC[C@@H](C)/C=C(C)/C=C/C1=CC2=C(Cl)C(=O)[C@](C)(O)[C@H](CC(C)=O)C2=CO1. The third-order valence-electron chi connectivity index (χ3n) is 5.06. The molecule has 0 fully saturated rings. The Labute approximate surface area is 165 Å². The summed E-state index contributed by atoms with van der Waals surface area (Å²) in [5, 5.41) is 10.6. The summed E-state index contributed by atoms with van der Waals surface area (Å²) >= 11 is 6.25. The van der Waals surface area contributed by atoms with Crippen molar-refractivity contribution < 1.29 is 19.4 Å². The van der Waals surface area contributed by atoms with Gasteiger partial charge in [-0.15, -0.1) is 0 Å². The van der Waals surface area contributed by atoms with E-state index in [0.29, 0.717) is 22.8 Å². The monoisotopic (exact) mass is 390 g/mol. The fourth-order valence-corrected chi connectivity index (χ4v) is 3.59. The molecule has 2 aliphatic rings. The molecule has 0 aromatic carbocycles. The number of hydrogen-bond acceptors (Lipinski definition) is 4. The van der Waals surface area contributed by atoms with Gasteiger partial charge in [0.15, 0.2) is 0 Å². The molecular weight excluding hydrogens is 364 g/mol. The van der Waals surface area contributed by atoms with Crippen LogP contribution in [-0.2, 0) is 14.3 Å². The summed E-state index contributed by atoms with van der Waals surface area (Å²) in [4.78, 5) is 24.2. The molecule has 27 heavy (non-hydrogen) atoms. The van der Waals surface area contributed by atoms with Gasteiger partial charge >= 0.3 is 0 Å². The Bertz CT molecular complexity index is 793. The Morgan fingerprint density at radius 2 is 2.11 bits per heavy atom.